The smallest absolute Gasteiger partial charge is 0.263 e. The fraction of sp³-hybridized carbons (Fsp3) is 0.438. The van der Waals surface area contributed by atoms with Gasteiger partial charge in [-0.15, -0.1) is 0 Å². The van der Waals surface area contributed by atoms with Gasteiger partial charge in [-0.2, -0.15) is 0 Å². The molecule has 2 aromatic rings. The zero-order chi connectivity index (χ0) is 29.2. The van der Waals surface area contributed by atoms with E-state index in [2.05, 4.69) is 33.7 Å². The van der Waals surface area contributed by atoms with Gasteiger partial charge in [-0.3, -0.25) is 19.4 Å². The molecule has 0 radical (unpaired) electrons. The Balaban J connectivity index is 1.32. The Kier molecular flexibility index (Phi) is 10.8. The van der Waals surface area contributed by atoms with E-state index in [-0.39, 0.29) is 10.8 Å². The van der Waals surface area contributed by atoms with Crippen molar-refractivity contribution in [2.24, 2.45) is 4.99 Å². The van der Waals surface area contributed by atoms with Gasteiger partial charge in [0.05, 0.1) is 12.3 Å². The van der Waals surface area contributed by atoms with Crippen molar-refractivity contribution in [1.29, 1.82) is 0 Å². The van der Waals surface area contributed by atoms with E-state index in [1.807, 2.05) is 37.0 Å². The number of nitrogens with one attached hydrogen (secondary N) is 1. The van der Waals surface area contributed by atoms with Crippen molar-refractivity contribution in [3.8, 4) is 5.75 Å². The highest BCUT2D eigenvalue weighted by Gasteiger charge is 2.28. The molecule has 1 heterocycles. The standard InChI is InChI=1S/C32H42N4O4S/c1-4-7-22-40-29-12-8-10-25(23-29)24-35-18-20-36(21-19-35)32(37)27-14-16-28(17-15-27)34-41(38,39)30-13-9-11-26(5-2)31(30)33-6-3/h5,8,10,12-17,23,34H,4,6-7,9,11,18-22,24H2,1-3H3/b26-5-,33-31+. The molecule has 1 aliphatic carbocycles. The quantitative estimate of drug-likeness (QED) is 0.348. The van der Waals surface area contributed by atoms with Crippen molar-refractivity contribution < 1.29 is 17.9 Å². The van der Waals surface area contributed by atoms with E-state index in [1.54, 1.807) is 30.3 Å². The van der Waals surface area contributed by atoms with Crippen LogP contribution in [0.25, 0.3) is 0 Å². The molecule has 2 aromatic carbocycles. The minimum atomic E-state index is -3.81. The van der Waals surface area contributed by atoms with Gasteiger partial charge in [0, 0.05) is 50.5 Å². The summed E-state index contributed by atoms with van der Waals surface area (Å²) in [5, 5.41) is 0. The highest BCUT2D eigenvalue weighted by atomic mass is 32.2. The van der Waals surface area contributed by atoms with Crippen LogP contribution in [0.4, 0.5) is 5.69 Å². The molecule has 9 heteroatoms. The van der Waals surface area contributed by atoms with Gasteiger partial charge in [0.1, 0.15) is 10.7 Å². The summed E-state index contributed by atoms with van der Waals surface area (Å²) in [7, 11) is -3.81. The molecule has 0 saturated carbocycles. The first-order chi connectivity index (χ1) is 19.8. The predicted molar refractivity (Wildman–Crippen MR) is 166 cm³/mol. The number of sulfonamides is 1. The predicted octanol–water partition coefficient (Wildman–Crippen LogP) is 5.65. The van der Waals surface area contributed by atoms with E-state index >= 15 is 0 Å². The van der Waals surface area contributed by atoms with E-state index < -0.39 is 10.0 Å². The van der Waals surface area contributed by atoms with Crippen LogP contribution in [0.5, 0.6) is 5.75 Å². The third-order valence-corrected chi connectivity index (χ3v) is 8.79. The van der Waals surface area contributed by atoms with Gasteiger partial charge in [-0.05, 0) is 80.6 Å². The van der Waals surface area contributed by atoms with Crippen LogP contribution in [-0.2, 0) is 16.6 Å². The lowest BCUT2D eigenvalue weighted by atomic mass is 9.98. The van der Waals surface area contributed by atoms with Gasteiger partial charge in [0.15, 0.2) is 0 Å². The summed E-state index contributed by atoms with van der Waals surface area (Å²) < 4.78 is 35.0. The van der Waals surface area contributed by atoms with Gasteiger partial charge in [-0.25, -0.2) is 8.42 Å². The molecular formula is C32H42N4O4S. The van der Waals surface area contributed by atoms with E-state index in [1.165, 1.54) is 5.56 Å². The summed E-state index contributed by atoms with van der Waals surface area (Å²) in [6, 6.07) is 14.9. The molecule has 1 amide bonds. The number of nitrogens with zero attached hydrogens (tertiary/aromatic N) is 3. The number of ether oxygens (including phenoxy) is 1. The Bertz CT molecular complexity index is 1390. The van der Waals surface area contributed by atoms with Gasteiger partial charge >= 0.3 is 0 Å². The fourth-order valence-corrected chi connectivity index (χ4v) is 6.44. The second kappa shape index (κ2) is 14.5. The fourth-order valence-electron chi connectivity index (χ4n) is 5.10. The van der Waals surface area contributed by atoms with E-state index in [9.17, 15) is 13.2 Å². The normalized spacial score (nSPS) is 18.4. The number of benzene rings is 2. The van der Waals surface area contributed by atoms with Crippen LogP contribution in [0, 0.1) is 0 Å². The van der Waals surface area contributed by atoms with Gasteiger partial charge < -0.3 is 9.64 Å². The van der Waals surface area contributed by atoms with Crippen molar-refractivity contribution in [3.05, 3.63) is 82.3 Å². The molecule has 41 heavy (non-hydrogen) atoms. The number of hydrogen-bond acceptors (Lipinski definition) is 6. The number of piperazine rings is 1. The monoisotopic (exact) mass is 578 g/mol. The Labute approximate surface area is 244 Å². The van der Waals surface area contributed by atoms with Crippen molar-refractivity contribution >= 4 is 27.3 Å². The Morgan fingerprint density at radius 3 is 2.51 bits per heavy atom. The summed E-state index contributed by atoms with van der Waals surface area (Å²) in [5.74, 6) is 0.860. The maximum atomic E-state index is 13.2. The van der Waals surface area contributed by atoms with Crippen LogP contribution >= 0.6 is 0 Å². The van der Waals surface area contributed by atoms with Gasteiger partial charge in [-0.1, -0.05) is 37.6 Å². The first-order valence-electron chi connectivity index (χ1n) is 14.6. The lowest BCUT2D eigenvalue weighted by molar-refractivity contribution is 0.0628. The largest absolute Gasteiger partial charge is 0.494 e. The lowest BCUT2D eigenvalue weighted by Crippen LogP contribution is -2.48. The molecule has 8 nitrogen and oxygen atoms in total. The van der Waals surface area contributed by atoms with Crippen LogP contribution in [0.15, 0.2) is 76.2 Å². The minimum Gasteiger partial charge on any atom is -0.494 e. The Hall–Kier alpha value is -3.43. The SMILES string of the molecule is C/C=C1/CCC=C(S(=O)(=O)Nc2ccc(C(=O)N3CCN(Cc4cccc(OCCCC)c4)CC3)cc2)/C1=N/CC. The van der Waals surface area contributed by atoms with Crippen molar-refractivity contribution in [2.45, 2.75) is 53.0 Å². The van der Waals surface area contributed by atoms with Crippen molar-refractivity contribution in [3.63, 3.8) is 0 Å². The summed E-state index contributed by atoms with van der Waals surface area (Å²) in [6.45, 7) is 10.9. The summed E-state index contributed by atoms with van der Waals surface area (Å²) >= 11 is 0. The molecule has 0 atom stereocenters. The van der Waals surface area contributed by atoms with E-state index in [4.69, 9.17) is 4.74 Å². The second-order valence-electron chi connectivity index (χ2n) is 10.3. The van der Waals surface area contributed by atoms with Gasteiger partial charge in [0.2, 0.25) is 0 Å². The van der Waals surface area contributed by atoms with E-state index in [0.29, 0.717) is 43.0 Å². The molecule has 0 aromatic heterocycles. The zero-order valence-electron chi connectivity index (χ0n) is 24.4. The van der Waals surface area contributed by atoms with Crippen LogP contribution in [0.3, 0.4) is 0 Å². The summed E-state index contributed by atoms with van der Waals surface area (Å²) in [6.07, 6.45) is 7.25. The third kappa shape index (κ3) is 8.07. The Morgan fingerprint density at radius 1 is 1.07 bits per heavy atom. The maximum absolute atomic E-state index is 13.2. The molecule has 2 aliphatic rings. The molecule has 220 valence electrons. The van der Waals surface area contributed by atoms with Crippen LogP contribution < -0.4 is 9.46 Å². The number of hydrogen-bond donors (Lipinski definition) is 1. The molecule has 1 aliphatic heterocycles. The van der Waals surface area contributed by atoms with E-state index in [0.717, 1.165) is 56.8 Å². The molecule has 0 bridgehead atoms. The summed E-state index contributed by atoms with van der Waals surface area (Å²) in [5.41, 5.74) is 3.64. The molecule has 1 saturated heterocycles. The molecule has 1 fully saturated rings. The van der Waals surface area contributed by atoms with Crippen molar-refractivity contribution in [2.75, 3.05) is 44.1 Å². The highest BCUT2D eigenvalue weighted by Crippen LogP contribution is 2.27. The topological polar surface area (TPSA) is 91.3 Å². The number of amides is 1. The molecule has 0 spiro atoms. The molecule has 1 N–H and O–H groups in total. The average molecular weight is 579 g/mol. The number of anilines is 1. The number of allylic oxidation sites excluding steroid dienone is 4. The van der Waals surface area contributed by atoms with Crippen LogP contribution in [0.1, 0.15) is 62.4 Å². The minimum absolute atomic E-state index is 0.0459. The first-order valence-corrected chi connectivity index (χ1v) is 16.1. The lowest BCUT2D eigenvalue weighted by Gasteiger charge is -2.34. The van der Waals surface area contributed by atoms with Crippen LogP contribution in [0.2, 0.25) is 0 Å². The second-order valence-corrected chi connectivity index (χ2v) is 12.0. The number of carbonyl (C=O) groups is 1. The van der Waals surface area contributed by atoms with Crippen LogP contribution in [-0.4, -0.2) is 69.2 Å². The van der Waals surface area contributed by atoms with Crippen molar-refractivity contribution in [1.82, 2.24) is 9.80 Å². The number of unbranched alkanes of at least 4 members (excludes halogenated alkanes) is 1. The zero-order valence-corrected chi connectivity index (χ0v) is 25.3. The maximum Gasteiger partial charge on any atom is 0.263 e. The number of carbonyl (C=O) groups excluding carboxylic acids is 1. The molecule has 0 unspecified atom stereocenters. The molecular weight excluding hydrogens is 536 g/mol. The average Bonchev–Trinajstić information content (AvgIpc) is 2.98. The Morgan fingerprint density at radius 2 is 1.83 bits per heavy atom. The first kappa shape index (κ1) is 30.5. The summed E-state index contributed by atoms with van der Waals surface area (Å²) in [4.78, 5) is 22.1. The number of rotatable bonds is 11. The molecule has 4 rings (SSSR count). The highest BCUT2D eigenvalue weighted by molar-refractivity contribution is 7.97. The van der Waals surface area contributed by atoms with Gasteiger partial charge in [0.25, 0.3) is 15.9 Å². The third-order valence-electron chi connectivity index (χ3n) is 7.35. The number of aliphatic imine (C=N–C) groups is 1.